The molecule has 5 heterocycles. The maximum absolute atomic E-state index is 12.8. The van der Waals surface area contributed by atoms with E-state index in [0.717, 1.165) is 67.9 Å². The van der Waals surface area contributed by atoms with Crippen molar-refractivity contribution in [3.8, 4) is 17.6 Å². The van der Waals surface area contributed by atoms with Gasteiger partial charge in [0.25, 0.3) is 0 Å². The summed E-state index contributed by atoms with van der Waals surface area (Å²) in [6, 6.07) is 4.32. The summed E-state index contributed by atoms with van der Waals surface area (Å²) in [4.78, 5) is 41.4. The Labute approximate surface area is 296 Å². The molecule has 2 aliphatic heterocycles. The van der Waals surface area contributed by atoms with Crippen LogP contribution in [0.25, 0.3) is 11.5 Å². The van der Waals surface area contributed by atoms with E-state index >= 15 is 0 Å². The van der Waals surface area contributed by atoms with Gasteiger partial charge in [0.05, 0.1) is 23.4 Å². The van der Waals surface area contributed by atoms with Gasteiger partial charge in [-0.15, -0.1) is 11.3 Å². The molecule has 50 heavy (non-hydrogen) atoms. The zero-order chi connectivity index (χ0) is 35.4. The van der Waals surface area contributed by atoms with Gasteiger partial charge in [-0.2, -0.15) is 15.2 Å². The molecule has 3 fully saturated rings. The van der Waals surface area contributed by atoms with Gasteiger partial charge < -0.3 is 34.0 Å². The first kappa shape index (κ1) is 34.2. The second-order valence-corrected chi connectivity index (χ2v) is 16.7. The molecular formula is C35H46N10O4S. The molecule has 3 aromatic heterocycles. The maximum atomic E-state index is 12.8. The predicted octanol–water partition coefficient (Wildman–Crippen LogP) is 4.73. The van der Waals surface area contributed by atoms with E-state index in [1.54, 1.807) is 22.6 Å². The molecule has 1 spiro atoms. The summed E-state index contributed by atoms with van der Waals surface area (Å²) in [6.45, 7) is 11.4. The lowest BCUT2D eigenvalue weighted by atomic mass is 9.66. The molecule has 266 valence electrons. The number of piperazine rings is 1. The zero-order valence-corrected chi connectivity index (χ0v) is 30.6. The third-order valence-corrected chi connectivity index (χ3v) is 11.4. The van der Waals surface area contributed by atoms with Crippen molar-refractivity contribution >= 4 is 40.5 Å². The molecule has 1 atom stereocenters. The standard InChI is InChI=1S/C35H46N10O4S/c1-33(2,3)48-32(47)44-14-12-43(13-15-44)26-16-24(38-31(39-26)45-11-10-35(20-45)17-22(46)18-35)28-40-30(49-41-28)34(4)9-7-8-25-27(34)23(19-36)29(50-25)37-21-42(5)6/h16,21-22,46H,7-15,17-18,20H2,1-6H3/t22?,34-,35?/m0/s1. The van der Waals surface area contributed by atoms with Crippen LogP contribution in [0.5, 0.6) is 0 Å². The molecule has 0 unspecified atom stereocenters. The van der Waals surface area contributed by atoms with Gasteiger partial charge in [-0.1, -0.05) is 5.16 Å². The van der Waals surface area contributed by atoms with E-state index in [4.69, 9.17) is 24.2 Å². The Morgan fingerprint density at radius 3 is 2.60 bits per heavy atom. The van der Waals surface area contributed by atoms with E-state index in [1.807, 2.05) is 45.8 Å². The van der Waals surface area contributed by atoms with Crippen LogP contribution in [-0.4, -0.2) is 113 Å². The third kappa shape index (κ3) is 6.51. The molecule has 0 bridgehead atoms. The summed E-state index contributed by atoms with van der Waals surface area (Å²) in [5.41, 5.74) is 0.913. The number of amides is 1. The van der Waals surface area contributed by atoms with Crippen molar-refractivity contribution in [2.45, 2.75) is 83.3 Å². The van der Waals surface area contributed by atoms with Crippen LogP contribution in [0.4, 0.5) is 21.6 Å². The maximum Gasteiger partial charge on any atom is 0.410 e. The number of hydrogen-bond acceptors (Lipinski definition) is 13. The Morgan fingerprint density at radius 1 is 1.16 bits per heavy atom. The fourth-order valence-electron chi connectivity index (χ4n) is 7.74. The number of carbonyl (C=O) groups is 1. The number of carbonyl (C=O) groups excluding carboxylic acids is 1. The lowest BCUT2D eigenvalue weighted by molar-refractivity contribution is -0.0179. The number of thiophene rings is 1. The van der Waals surface area contributed by atoms with Crippen molar-refractivity contribution in [1.29, 1.82) is 5.26 Å². The van der Waals surface area contributed by atoms with Gasteiger partial charge in [-0.05, 0) is 71.6 Å². The summed E-state index contributed by atoms with van der Waals surface area (Å²) in [5, 5.41) is 25.5. The molecule has 14 nitrogen and oxygen atoms in total. The van der Waals surface area contributed by atoms with Crippen LogP contribution < -0.4 is 9.80 Å². The van der Waals surface area contributed by atoms with Crippen molar-refractivity contribution in [2.75, 3.05) is 63.2 Å². The second-order valence-electron chi connectivity index (χ2n) is 15.6. The largest absolute Gasteiger partial charge is 0.444 e. The van der Waals surface area contributed by atoms with Crippen LogP contribution in [0.1, 0.15) is 81.7 Å². The van der Waals surface area contributed by atoms with Crippen molar-refractivity contribution in [3.05, 3.63) is 28.0 Å². The predicted molar refractivity (Wildman–Crippen MR) is 190 cm³/mol. The SMILES string of the molecule is CN(C)C=Nc1sc2c(c1C#N)[C@@](C)(c1nc(-c3cc(N4CCN(C(=O)OC(C)(C)C)CC4)nc(N4CCC5(CC(O)C5)C4)n3)no1)CCC2. The smallest absolute Gasteiger partial charge is 0.410 e. The number of nitriles is 1. The average molecular weight is 703 g/mol. The second kappa shape index (κ2) is 12.8. The number of aliphatic hydroxyl groups is 1. The van der Waals surface area contributed by atoms with E-state index in [2.05, 4.69) is 32.9 Å². The highest BCUT2D eigenvalue weighted by atomic mass is 32.1. The van der Waals surface area contributed by atoms with E-state index in [0.29, 0.717) is 60.1 Å². The minimum atomic E-state index is -0.657. The molecule has 1 N–H and O–H groups in total. The number of aliphatic hydroxyl groups excluding tert-OH is 1. The molecule has 3 aromatic rings. The zero-order valence-electron chi connectivity index (χ0n) is 29.8. The van der Waals surface area contributed by atoms with Gasteiger partial charge in [-0.25, -0.2) is 14.8 Å². The number of rotatable bonds is 6. The first-order chi connectivity index (χ1) is 23.8. The number of fused-ring (bicyclic) bond motifs is 1. The minimum absolute atomic E-state index is 0.0962. The lowest BCUT2D eigenvalue weighted by Gasteiger charge is -2.42. The van der Waals surface area contributed by atoms with Crippen molar-refractivity contribution in [3.63, 3.8) is 0 Å². The van der Waals surface area contributed by atoms with Crippen LogP contribution in [0.2, 0.25) is 0 Å². The monoisotopic (exact) mass is 702 g/mol. The van der Waals surface area contributed by atoms with Crippen LogP contribution in [0, 0.1) is 16.7 Å². The van der Waals surface area contributed by atoms with Gasteiger partial charge in [0.1, 0.15) is 28.2 Å². The summed E-state index contributed by atoms with van der Waals surface area (Å²) in [6.07, 6.45) is 6.30. The number of aromatic nitrogens is 4. The van der Waals surface area contributed by atoms with E-state index < -0.39 is 11.0 Å². The van der Waals surface area contributed by atoms with Crippen molar-refractivity contribution in [2.24, 2.45) is 10.4 Å². The lowest BCUT2D eigenvalue weighted by Crippen LogP contribution is -2.50. The van der Waals surface area contributed by atoms with E-state index in [1.165, 1.54) is 0 Å². The highest BCUT2D eigenvalue weighted by molar-refractivity contribution is 7.16. The first-order valence-electron chi connectivity index (χ1n) is 17.4. The number of anilines is 2. The van der Waals surface area contributed by atoms with Gasteiger partial charge >= 0.3 is 6.09 Å². The fourth-order valence-corrected chi connectivity index (χ4v) is 9.00. The normalized spacial score (nSPS) is 25.2. The fraction of sp³-hybridized carbons (Fsp3) is 0.629. The van der Waals surface area contributed by atoms with Crippen LogP contribution in [-0.2, 0) is 16.6 Å². The van der Waals surface area contributed by atoms with Gasteiger partial charge in [0, 0.05) is 69.9 Å². The Morgan fingerprint density at radius 2 is 1.92 bits per heavy atom. The number of ether oxygens (including phenoxy) is 1. The third-order valence-electron chi connectivity index (χ3n) is 10.3. The summed E-state index contributed by atoms with van der Waals surface area (Å²) in [5.74, 6) is 2.13. The minimum Gasteiger partial charge on any atom is -0.444 e. The molecule has 2 aliphatic carbocycles. The first-order valence-corrected chi connectivity index (χ1v) is 18.2. The molecule has 15 heteroatoms. The van der Waals surface area contributed by atoms with E-state index in [9.17, 15) is 15.2 Å². The molecule has 1 amide bonds. The number of aryl methyl sites for hydroxylation is 1. The topological polar surface area (TPSA) is 160 Å². The summed E-state index contributed by atoms with van der Waals surface area (Å²) in [7, 11) is 3.81. The molecule has 4 aliphatic rings. The van der Waals surface area contributed by atoms with Gasteiger partial charge in [0.2, 0.25) is 17.7 Å². The van der Waals surface area contributed by atoms with Crippen LogP contribution in [0.3, 0.4) is 0 Å². The summed E-state index contributed by atoms with van der Waals surface area (Å²) >= 11 is 1.56. The Hall–Kier alpha value is -4.29. The Balaban J connectivity index is 1.20. The Kier molecular flexibility index (Phi) is 8.74. The molecule has 2 saturated heterocycles. The molecular weight excluding hydrogens is 657 g/mol. The number of aliphatic imine (C=N–C) groups is 1. The van der Waals surface area contributed by atoms with Crippen molar-refractivity contribution < 1.29 is 19.2 Å². The molecule has 0 radical (unpaired) electrons. The summed E-state index contributed by atoms with van der Waals surface area (Å²) < 4.78 is 11.7. The molecule has 1 saturated carbocycles. The number of hydrogen-bond donors (Lipinski definition) is 1. The van der Waals surface area contributed by atoms with Crippen LogP contribution >= 0.6 is 11.3 Å². The van der Waals surface area contributed by atoms with Crippen molar-refractivity contribution in [1.82, 2.24) is 29.9 Å². The van der Waals surface area contributed by atoms with E-state index in [-0.39, 0.29) is 17.6 Å². The van der Waals surface area contributed by atoms with Gasteiger partial charge in [0.15, 0.2) is 0 Å². The van der Waals surface area contributed by atoms with Crippen LogP contribution in [0.15, 0.2) is 15.6 Å². The molecule has 7 rings (SSSR count). The number of nitrogens with zero attached hydrogens (tertiary/aromatic N) is 10. The quantitative estimate of drug-likeness (QED) is 0.278. The Bertz CT molecular complexity index is 1830. The highest BCUT2D eigenvalue weighted by Gasteiger charge is 2.49. The highest BCUT2D eigenvalue weighted by Crippen LogP contribution is 2.51. The van der Waals surface area contributed by atoms with Gasteiger partial charge in [-0.3, -0.25) is 0 Å². The molecule has 0 aromatic carbocycles. The average Bonchev–Trinajstić information content (AvgIpc) is 3.81.